The van der Waals surface area contributed by atoms with E-state index in [0.29, 0.717) is 0 Å². The highest BCUT2D eigenvalue weighted by atomic mass is 27.0. The first-order valence-electron chi connectivity index (χ1n) is 1.00. The summed E-state index contributed by atoms with van der Waals surface area (Å²) in [4.78, 5) is 0. The van der Waals surface area contributed by atoms with Gasteiger partial charge in [0.15, 0.2) is 34.7 Å². The lowest BCUT2D eigenvalue weighted by Gasteiger charge is -1.59. The fourth-order valence-electron chi connectivity index (χ4n) is 0. The monoisotopic (exact) mass is 105 g/mol. The quantitative estimate of drug-likeness (QED) is 0.335. The number of rotatable bonds is 0. The summed E-state index contributed by atoms with van der Waals surface area (Å²) in [6, 6.07) is 0. The van der Waals surface area contributed by atoms with Gasteiger partial charge in [0, 0.05) is 0 Å². The average Bonchev–Trinajstić information content (AvgIpc) is 0.918. The molecule has 5 heavy (non-hydrogen) atoms. The molecule has 0 aliphatic rings. The molecular formula is C2H13Al2N. The summed E-state index contributed by atoms with van der Waals surface area (Å²) in [5, 5.41) is 2.75. The fraction of sp³-hybridized carbons (Fsp3) is 1.00. The second kappa shape index (κ2) is 19.9. The molecule has 3 heteroatoms. The van der Waals surface area contributed by atoms with Crippen LogP contribution in [0.1, 0.15) is 0 Å². The van der Waals surface area contributed by atoms with E-state index < -0.39 is 0 Å². The standard InChI is InChI=1S/C2H7N.2Al.6H/c1-3-2;;;;;;;;/h3H,1-2H3;;;;;;;;. The van der Waals surface area contributed by atoms with Gasteiger partial charge in [-0.3, -0.25) is 0 Å². The largest absolute Gasteiger partial charge is 0.323 e. The van der Waals surface area contributed by atoms with Crippen LogP contribution in [0.2, 0.25) is 0 Å². The summed E-state index contributed by atoms with van der Waals surface area (Å²) in [6.07, 6.45) is 0. The number of hydrogen-bond acceptors (Lipinski definition) is 1. The van der Waals surface area contributed by atoms with Crippen LogP contribution >= 0.6 is 0 Å². The Balaban J connectivity index is -0.0000000200. The van der Waals surface area contributed by atoms with Crippen LogP contribution in [0.15, 0.2) is 0 Å². The molecule has 0 aromatic carbocycles. The highest BCUT2D eigenvalue weighted by Gasteiger charge is 1.25. The molecule has 0 heterocycles. The van der Waals surface area contributed by atoms with Crippen LogP contribution in [0.4, 0.5) is 0 Å². The zero-order valence-corrected chi connectivity index (χ0v) is 2.50. The average molecular weight is 105 g/mol. The zero-order chi connectivity index (χ0) is 2.71. The van der Waals surface area contributed by atoms with Crippen molar-refractivity contribution in [3.05, 3.63) is 0 Å². The summed E-state index contributed by atoms with van der Waals surface area (Å²) >= 11 is 0. The number of nitrogens with one attached hydrogen (secondary N) is 1. The van der Waals surface area contributed by atoms with Gasteiger partial charge < -0.3 is 5.32 Å². The molecule has 0 amide bonds. The second-order valence-electron chi connectivity index (χ2n) is 0.500. The molecule has 0 fully saturated rings. The lowest BCUT2D eigenvalue weighted by Crippen LogP contribution is -1.89. The fourth-order valence-corrected chi connectivity index (χ4v) is 0. The van der Waals surface area contributed by atoms with Crippen molar-refractivity contribution in [2.75, 3.05) is 14.1 Å². The first-order chi connectivity index (χ1) is 1.41. The molecule has 0 atom stereocenters. The minimum Gasteiger partial charge on any atom is -0.323 e. The Labute approximate surface area is 54.4 Å². The Kier molecular flexibility index (Phi) is 66.0. The van der Waals surface area contributed by atoms with E-state index in [4.69, 9.17) is 0 Å². The minimum absolute atomic E-state index is 0. The van der Waals surface area contributed by atoms with E-state index in [9.17, 15) is 0 Å². The van der Waals surface area contributed by atoms with Crippen molar-refractivity contribution in [1.29, 1.82) is 0 Å². The molecule has 1 N–H and O–H groups in total. The highest BCUT2D eigenvalue weighted by Crippen LogP contribution is 0.981. The maximum Gasteiger partial charge on any atom is 0.187 e. The van der Waals surface area contributed by atoms with Gasteiger partial charge in [-0.25, -0.2) is 0 Å². The summed E-state index contributed by atoms with van der Waals surface area (Å²) in [7, 11) is 3.75. The van der Waals surface area contributed by atoms with E-state index in [1.54, 1.807) is 0 Å². The van der Waals surface area contributed by atoms with Crippen LogP contribution in [0.25, 0.3) is 0 Å². The molecule has 0 aromatic rings. The lowest BCUT2D eigenvalue weighted by molar-refractivity contribution is 1.02. The van der Waals surface area contributed by atoms with Gasteiger partial charge in [0.1, 0.15) is 0 Å². The molecule has 0 saturated heterocycles. The molecular weight excluding hydrogens is 92.0 g/mol. The topological polar surface area (TPSA) is 12.0 Å². The van der Waals surface area contributed by atoms with Crippen molar-refractivity contribution in [2.45, 2.75) is 0 Å². The normalized spacial score (nSPS) is 3.60. The maximum atomic E-state index is 2.75. The molecule has 0 spiro atoms. The van der Waals surface area contributed by atoms with Gasteiger partial charge in [-0.1, -0.05) is 0 Å². The van der Waals surface area contributed by atoms with Crippen molar-refractivity contribution >= 4 is 34.7 Å². The third-order valence-electron chi connectivity index (χ3n) is 0. The molecule has 0 saturated carbocycles. The zero-order valence-electron chi connectivity index (χ0n) is 2.50. The van der Waals surface area contributed by atoms with Crippen molar-refractivity contribution in [1.82, 2.24) is 5.32 Å². The molecule has 1 nitrogen and oxygen atoms in total. The van der Waals surface area contributed by atoms with Crippen LogP contribution in [0.5, 0.6) is 0 Å². The number of hydrogen-bond donors (Lipinski definition) is 1. The molecule has 0 rings (SSSR count). The first-order valence-corrected chi connectivity index (χ1v) is 1.00. The SMILES string of the molecule is CNC.[AlH3].[AlH3]. The molecule has 0 unspecified atom stereocenters. The van der Waals surface area contributed by atoms with Crippen LogP contribution in [0.3, 0.4) is 0 Å². The summed E-state index contributed by atoms with van der Waals surface area (Å²) < 4.78 is 0. The van der Waals surface area contributed by atoms with Crippen LogP contribution in [0, 0.1) is 0 Å². The molecule has 0 aliphatic heterocycles. The van der Waals surface area contributed by atoms with Crippen LogP contribution in [-0.4, -0.2) is 48.8 Å². The van der Waals surface area contributed by atoms with Gasteiger partial charge in [-0.15, -0.1) is 0 Å². The van der Waals surface area contributed by atoms with Gasteiger partial charge in [0.25, 0.3) is 0 Å². The van der Waals surface area contributed by atoms with E-state index in [1.165, 1.54) is 0 Å². The molecule has 0 bridgehead atoms. The summed E-state index contributed by atoms with van der Waals surface area (Å²) in [5.74, 6) is 0. The smallest absolute Gasteiger partial charge is 0.187 e. The van der Waals surface area contributed by atoms with Crippen LogP contribution in [-0.2, 0) is 0 Å². The Morgan fingerprint density at radius 2 is 1.00 bits per heavy atom. The lowest BCUT2D eigenvalue weighted by atomic mass is 11.3. The first kappa shape index (κ1) is 16.6. The van der Waals surface area contributed by atoms with Gasteiger partial charge in [-0.2, -0.15) is 0 Å². The Morgan fingerprint density at radius 3 is 1.00 bits per heavy atom. The summed E-state index contributed by atoms with van der Waals surface area (Å²) in [6.45, 7) is 0. The third-order valence-corrected chi connectivity index (χ3v) is 0. The van der Waals surface area contributed by atoms with Crippen molar-refractivity contribution in [2.24, 2.45) is 0 Å². The highest BCUT2D eigenvalue weighted by molar-refractivity contribution is 5.76. The van der Waals surface area contributed by atoms with Crippen molar-refractivity contribution in [3.8, 4) is 0 Å². The third kappa shape index (κ3) is 43.8. The van der Waals surface area contributed by atoms with E-state index in [1.807, 2.05) is 14.1 Å². The van der Waals surface area contributed by atoms with Crippen molar-refractivity contribution in [3.63, 3.8) is 0 Å². The Hall–Kier alpha value is 1.02. The molecule has 0 radical (unpaired) electrons. The maximum absolute atomic E-state index is 2.75. The minimum atomic E-state index is 0. The van der Waals surface area contributed by atoms with Gasteiger partial charge >= 0.3 is 0 Å². The molecule has 0 aliphatic carbocycles. The van der Waals surface area contributed by atoms with E-state index in [-0.39, 0.29) is 34.7 Å². The summed E-state index contributed by atoms with van der Waals surface area (Å²) in [5.41, 5.74) is 0. The van der Waals surface area contributed by atoms with Gasteiger partial charge in [0.2, 0.25) is 0 Å². The van der Waals surface area contributed by atoms with Gasteiger partial charge in [0.05, 0.1) is 0 Å². The van der Waals surface area contributed by atoms with Crippen LogP contribution < -0.4 is 5.32 Å². The van der Waals surface area contributed by atoms with E-state index in [0.717, 1.165) is 0 Å². The van der Waals surface area contributed by atoms with E-state index >= 15 is 0 Å². The van der Waals surface area contributed by atoms with Crippen molar-refractivity contribution < 1.29 is 0 Å². The second-order valence-corrected chi connectivity index (χ2v) is 0.500. The van der Waals surface area contributed by atoms with Gasteiger partial charge in [-0.05, 0) is 14.1 Å². The molecule has 0 aromatic heterocycles. The van der Waals surface area contributed by atoms with E-state index in [2.05, 4.69) is 5.32 Å². The predicted molar refractivity (Wildman–Crippen MR) is 34.9 cm³/mol. The Morgan fingerprint density at radius 1 is 1.00 bits per heavy atom. The molecule has 32 valence electrons. The Bertz CT molecular complexity index is 7.61. The predicted octanol–water partition coefficient (Wildman–Crippen LogP) is -2.53.